The third kappa shape index (κ3) is 2.52. The first-order valence-corrected chi connectivity index (χ1v) is 9.16. The summed E-state index contributed by atoms with van der Waals surface area (Å²) in [6.07, 6.45) is 1.31. The molecule has 0 atom stereocenters. The van der Waals surface area contributed by atoms with Crippen molar-refractivity contribution in [1.29, 1.82) is 0 Å². The Bertz CT molecular complexity index is 1250. The zero-order valence-corrected chi connectivity index (χ0v) is 15.2. The molecule has 0 fully saturated rings. The largest absolute Gasteiger partial charge is 0.467 e. The fourth-order valence-corrected chi connectivity index (χ4v) is 3.58. The van der Waals surface area contributed by atoms with E-state index in [1.807, 2.05) is 12.1 Å². The molecule has 4 aromatic rings. The molecule has 12 heteroatoms. The molecule has 3 aromatic heterocycles. The number of ether oxygens (including phenoxy) is 1. The summed E-state index contributed by atoms with van der Waals surface area (Å²) in [7, 11) is -1.01. The van der Waals surface area contributed by atoms with Crippen LogP contribution in [0.1, 0.15) is 0 Å². The van der Waals surface area contributed by atoms with E-state index in [9.17, 15) is 8.42 Å². The Hall–Kier alpha value is -2.92. The van der Waals surface area contributed by atoms with Gasteiger partial charge in [0.05, 0.1) is 18.8 Å². The lowest BCUT2D eigenvalue weighted by Gasteiger charge is -2.01. The van der Waals surface area contributed by atoms with Crippen molar-refractivity contribution in [2.75, 3.05) is 11.8 Å². The number of rotatable bonds is 4. The highest BCUT2D eigenvalue weighted by atomic mass is 35.5. The van der Waals surface area contributed by atoms with Gasteiger partial charge in [0.1, 0.15) is 5.02 Å². The number of fused-ring (bicyclic) bond motifs is 2. The molecule has 0 unspecified atom stereocenters. The van der Waals surface area contributed by atoms with Crippen LogP contribution in [0.2, 0.25) is 5.02 Å². The first-order valence-electron chi connectivity index (χ1n) is 7.30. The maximum atomic E-state index is 12.7. The minimum absolute atomic E-state index is 0.0571. The molecule has 0 aliphatic carbocycles. The number of hydrogen-bond acceptors (Lipinski definition) is 7. The summed E-state index contributed by atoms with van der Waals surface area (Å²) in [5.74, 6) is 0.179. The number of benzene rings is 1. The van der Waals surface area contributed by atoms with Crippen molar-refractivity contribution < 1.29 is 13.2 Å². The zero-order chi connectivity index (χ0) is 18.5. The molecule has 0 radical (unpaired) electrons. The zero-order valence-electron chi connectivity index (χ0n) is 13.6. The van der Waals surface area contributed by atoms with Crippen molar-refractivity contribution in [2.24, 2.45) is 7.05 Å². The minimum atomic E-state index is -4.11. The van der Waals surface area contributed by atoms with Gasteiger partial charge in [-0.2, -0.15) is 23.0 Å². The van der Waals surface area contributed by atoms with Gasteiger partial charge in [0.25, 0.3) is 5.16 Å². The molecule has 134 valence electrons. The molecule has 0 bridgehead atoms. The van der Waals surface area contributed by atoms with Crippen molar-refractivity contribution >= 4 is 44.0 Å². The van der Waals surface area contributed by atoms with Crippen molar-refractivity contribution in [2.45, 2.75) is 5.16 Å². The van der Waals surface area contributed by atoms with E-state index in [2.05, 4.69) is 24.9 Å². The number of hydrogen-bond donors (Lipinski definition) is 1. The molecule has 0 amide bonds. The normalized spacial score (nSPS) is 12.0. The Morgan fingerprint density at radius 3 is 2.77 bits per heavy atom. The van der Waals surface area contributed by atoms with E-state index >= 15 is 0 Å². The number of anilines is 1. The van der Waals surface area contributed by atoms with E-state index in [-0.39, 0.29) is 22.5 Å². The Kier molecular flexibility index (Phi) is 3.70. The van der Waals surface area contributed by atoms with Crippen LogP contribution in [0, 0.1) is 0 Å². The van der Waals surface area contributed by atoms with Crippen LogP contribution in [0.4, 0.5) is 5.82 Å². The number of aryl methyl sites for hydroxylation is 1. The van der Waals surface area contributed by atoms with Crippen molar-refractivity contribution in [1.82, 2.24) is 29.4 Å². The van der Waals surface area contributed by atoms with E-state index in [0.29, 0.717) is 5.39 Å². The van der Waals surface area contributed by atoms with Gasteiger partial charge in [0.15, 0.2) is 11.5 Å². The van der Waals surface area contributed by atoms with Gasteiger partial charge >= 0.3 is 16.0 Å². The summed E-state index contributed by atoms with van der Waals surface area (Å²) >= 11 is 6.02. The fraction of sp³-hybridized carbons (Fsp3) is 0.143. The maximum Gasteiger partial charge on any atom is 0.319 e. The molecular weight excluding hydrogens is 382 g/mol. The molecule has 1 N–H and O–H groups in total. The smallest absolute Gasteiger partial charge is 0.319 e. The van der Waals surface area contributed by atoms with E-state index in [4.69, 9.17) is 16.3 Å². The standard InChI is InChI=1S/C14H12ClN7O3S/c1-21-10-6-4-3-5-8(10)11(18-21)20-26(23,24)13-17-12-9(15)7-16-14(25-2)22(12)19-13/h3-7H,1-2H3,(H,18,20). The molecule has 0 saturated heterocycles. The van der Waals surface area contributed by atoms with E-state index < -0.39 is 15.2 Å². The predicted octanol–water partition coefficient (Wildman–Crippen LogP) is 1.47. The highest BCUT2D eigenvalue weighted by Gasteiger charge is 2.25. The van der Waals surface area contributed by atoms with Crippen molar-refractivity contribution in [3.05, 3.63) is 35.5 Å². The van der Waals surface area contributed by atoms with Crippen molar-refractivity contribution in [3.63, 3.8) is 0 Å². The Morgan fingerprint density at radius 2 is 2.00 bits per heavy atom. The second-order valence-corrected chi connectivity index (χ2v) is 7.30. The van der Waals surface area contributed by atoms with Crippen LogP contribution < -0.4 is 9.46 Å². The Morgan fingerprint density at radius 1 is 1.23 bits per heavy atom. The van der Waals surface area contributed by atoms with E-state index in [1.165, 1.54) is 13.3 Å². The molecule has 1 aromatic carbocycles. The lowest BCUT2D eigenvalue weighted by molar-refractivity contribution is 0.366. The van der Waals surface area contributed by atoms with Crippen LogP contribution in [0.5, 0.6) is 6.01 Å². The maximum absolute atomic E-state index is 12.7. The quantitative estimate of drug-likeness (QED) is 0.558. The van der Waals surface area contributed by atoms with E-state index in [1.54, 1.807) is 23.9 Å². The number of aromatic nitrogens is 6. The SMILES string of the molecule is COc1ncc(Cl)c2nc(S(=O)(=O)Nc3nn(C)c4ccccc34)nn12. The third-order valence-corrected chi connectivity index (χ3v) is 5.06. The molecule has 0 saturated carbocycles. The Balaban J connectivity index is 1.82. The van der Waals surface area contributed by atoms with Crippen LogP contribution in [0.25, 0.3) is 16.6 Å². The summed E-state index contributed by atoms with van der Waals surface area (Å²) in [6.45, 7) is 0. The highest BCUT2D eigenvalue weighted by Crippen LogP contribution is 2.25. The number of nitrogens with one attached hydrogen (secondary N) is 1. The first-order chi connectivity index (χ1) is 12.4. The number of halogens is 1. The summed E-state index contributed by atoms with van der Waals surface area (Å²) in [4.78, 5) is 7.91. The molecule has 10 nitrogen and oxygen atoms in total. The second kappa shape index (κ2) is 5.81. The monoisotopic (exact) mass is 393 g/mol. The Labute approximate surface area is 152 Å². The van der Waals surface area contributed by atoms with Gasteiger partial charge in [0, 0.05) is 12.4 Å². The van der Waals surface area contributed by atoms with Gasteiger partial charge in [-0.05, 0) is 12.1 Å². The highest BCUT2D eigenvalue weighted by molar-refractivity contribution is 7.92. The van der Waals surface area contributed by atoms with Gasteiger partial charge in [-0.1, -0.05) is 23.7 Å². The van der Waals surface area contributed by atoms with Gasteiger partial charge in [-0.3, -0.25) is 9.40 Å². The van der Waals surface area contributed by atoms with Crippen LogP contribution in [-0.2, 0) is 17.1 Å². The minimum Gasteiger partial charge on any atom is -0.467 e. The van der Waals surface area contributed by atoms with Crippen LogP contribution in [-0.4, -0.2) is 44.9 Å². The van der Waals surface area contributed by atoms with Crippen LogP contribution in [0.3, 0.4) is 0 Å². The second-order valence-electron chi connectivity index (χ2n) is 5.32. The van der Waals surface area contributed by atoms with Crippen LogP contribution in [0.15, 0.2) is 35.6 Å². The van der Waals surface area contributed by atoms with Gasteiger partial charge in [-0.25, -0.2) is 4.98 Å². The average Bonchev–Trinajstić information content (AvgIpc) is 3.20. The summed E-state index contributed by atoms with van der Waals surface area (Å²) in [6, 6.07) is 7.29. The van der Waals surface area contributed by atoms with E-state index in [0.717, 1.165) is 10.0 Å². The summed E-state index contributed by atoms with van der Waals surface area (Å²) in [5, 5.41) is 8.48. The lowest BCUT2D eigenvalue weighted by Crippen LogP contribution is -2.15. The summed E-state index contributed by atoms with van der Waals surface area (Å²) in [5.41, 5.74) is 0.895. The van der Waals surface area contributed by atoms with Crippen LogP contribution >= 0.6 is 11.6 Å². The first kappa shape index (κ1) is 16.5. The number of sulfonamides is 1. The molecule has 0 aliphatic heterocycles. The van der Waals surface area contributed by atoms with Gasteiger partial charge in [-0.15, -0.1) is 5.10 Å². The molecule has 4 rings (SSSR count). The molecular formula is C14H12ClN7O3S. The molecule has 26 heavy (non-hydrogen) atoms. The fourth-order valence-electron chi connectivity index (χ4n) is 2.52. The number of nitrogens with zero attached hydrogens (tertiary/aromatic N) is 6. The predicted molar refractivity (Wildman–Crippen MR) is 93.9 cm³/mol. The lowest BCUT2D eigenvalue weighted by atomic mass is 10.2. The molecule has 0 spiro atoms. The van der Waals surface area contributed by atoms with Crippen molar-refractivity contribution in [3.8, 4) is 6.01 Å². The topological polar surface area (TPSA) is 116 Å². The van der Waals surface area contributed by atoms with Gasteiger partial charge < -0.3 is 4.74 Å². The molecule has 3 heterocycles. The molecule has 0 aliphatic rings. The number of methoxy groups -OCH3 is 1. The average molecular weight is 394 g/mol. The van der Waals surface area contributed by atoms with Gasteiger partial charge in [0.2, 0.25) is 0 Å². The number of para-hydroxylation sites is 1. The summed E-state index contributed by atoms with van der Waals surface area (Å²) < 4.78 is 35.6. The third-order valence-electron chi connectivity index (χ3n) is 3.68.